The minimum Gasteiger partial charge on any atom is -0.348 e. The zero-order valence-electron chi connectivity index (χ0n) is 19.7. The van der Waals surface area contributed by atoms with Gasteiger partial charge in [0, 0.05) is 42.6 Å². The minimum absolute atomic E-state index is 0.00683. The zero-order valence-corrected chi connectivity index (χ0v) is 21.3. The fraction of sp³-hybridized carbons (Fsp3) is 0.346. The molecule has 6 rings (SSSR count). The summed E-state index contributed by atoms with van der Waals surface area (Å²) in [6.07, 6.45) is -0.538. The number of benzene rings is 2. The van der Waals surface area contributed by atoms with Gasteiger partial charge >= 0.3 is 6.18 Å². The van der Waals surface area contributed by atoms with Crippen molar-refractivity contribution in [2.45, 2.75) is 31.5 Å². The molecule has 1 N–H and O–H groups in total. The van der Waals surface area contributed by atoms with E-state index >= 15 is 0 Å². The van der Waals surface area contributed by atoms with Crippen molar-refractivity contribution < 1.29 is 18.0 Å². The minimum atomic E-state index is -4.58. The molecule has 0 bridgehead atoms. The van der Waals surface area contributed by atoms with Crippen molar-refractivity contribution in [3.63, 3.8) is 0 Å². The van der Waals surface area contributed by atoms with Crippen LogP contribution in [0.25, 0.3) is 16.5 Å². The van der Waals surface area contributed by atoms with Crippen LogP contribution in [0.1, 0.15) is 29.5 Å². The molecule has 1 saturated carbocycles. The van der Waals surface area contributed by atoms with Crippen molar-refractivity contribution >= 4 is 50.9 Å². The summed E-state index contributed by atoms with van der Waals surface area (Å²) in [6, 6.07) is 9.89. The summed E-state index contributed by atoms with van der Waals surface area (Å²) in [5.74, 6) is -0.422. The quantitative estimate of drug-likeness (QED) is 0.433. The van der Waals surface area contributed by atoms with Crippen molar-refractivity contribution in [2.24, 2.45) is 4.99 Å². The van der Waals surface area contributed by atoms with Crippen LogP contribution in [-0.4, -0.2) is 63.3 Å². The monoisotopic (exact) mass is 545 g/mol. The topological polar surface area (TPSA) is 64.6 Å². The molecule has 11 heteroatoms. The number of carbonyl (C=O) groups is 1. The predicted molar refractivity (Wildman–Crippen MR) is 139 cm³/mol. The van der Waals surface area contributed by atoms with Gasteiger partial charge in [0.05, 0.1) is 22.2 Å². The molecule has 3 aliphatic rings. The summed E-state index contributed by atoms with van der Waals surface area (Å²) in [6.45, 7) is 3.38. The Balaban J connectivity index is 1.36. The predicted octanol–water partition coefficient (Wildman–Crippen LogP) is 5.60. The van der Waals surface area contributed by atoms with Gasteiger partial charge in [0.25, 0.3) is 5.91 Å². The summed E-state index contributed by atoms with van der Waals surface area (Å²) in [7, 11) is 0. The first kappa shape index (κ1) is 24.5. The molecule has 0 radical (unpaired) electrons. The lowest BCUT2D eigenvalue weighted by molar-refractivity contribution is -0.138. The number of hydrogen-bond donors (Lipinski definition) is 1. The highest BCUT2D eigenvalue weighted by Gasteiger charge is 2.37. The van der Waals surface area contributed by atoms with E-state index in [-0.39, 0.29) is 17.0 Å². The zero-order chi connectivity index (χ0) is 25.7. The summed E-state index contributed by atoms with van der Waals surface area (Å²) in [5.41, 5.74) is 1.19. The molecule has 3 aromatic rings. The third kappa shape index (κ3) is 5.02. The number of rotatable bonds is 4. The maximum atomic E-state index is 13.9. The lowest BCUT2D eigenvalue weighted by atomic mass is 9.93. The number of aromatic nitrogens is 2. The molecule has 6 nitrogen and oxygen atoms in total. The lowest BCUT2D eigenvalue weighted by Gasteiger charge is -2.35. The van der Waals surface area contributed by atoms with Crippen LogP contribution in [-0.2, 0) is 17.4 Å². The van der Waals surface area contributed by atoms with Crippen LogP contribution >= 0.6 is 23.4 Å². The third-order valence-corrected chi connectivity index (χ3v) is 8.43. The van der Waals surface area contributed by atoms with Gasteiger partial charge in [-0.05, 0) is 72.0 Å². The maximum Gasteiger partial charge on any atom is 0.416 e. The van der Waals surface area contributed by atoms with Crippen LogP contribution in [0.2, 0.25) is 5.02 Å². The van der Waals surface area contributed by atoms with Crippen LogP contribution < -0.4 is 0 Å². The Morgan fingerprint density at radius 1 is 1.11 bits per heavy atom. The number of H-pyrrole nitrogens is 1. The van der Waals surface area contributed by atoms with E-state index in [1.54, 1.807) is 12.3 Å². The van der Waals surface area contributed by atoms with Crippen LogP contribution in [0.15, 0.2) is 52.5 Å². The Bertz CT molecular complexity index is 1440. The number of halogens is 4. The largest absolute Gasteiger partial charge is 0.416 e. The number of nitrogens with zero attached hydrogens (tertiary/aromatic N) is 4. The summed E-state index contributed by atoms with van der Waals surface area (Å²) < 4.78 is 41.7. The first-order valence-corrected chi connectivity index (χ1v) is 13.3. The van der Waals surface area contributed by atoms with Crippen LogP contribution in [0.5, 0.6) is 0 Å². The molecule has 2 fully saturated rings. The number of aliphatic imine (C=N–C) groups is 1. The van der Waals surface area contributed by atoms with Crippen molar-refractivity contribution in [2.75, 3.05) is 26.2 Å². The highest BCUT2D eigenvalue weighted by Crippen LogP contribution is 2.41. The number of hydrogen-bond acceptors (Lipinski definition) is 5. The highest BCUT2D eigenvalue weighted by atomic mass is 35.5. The van der Waals surface area contributed by atoms with Gasteiger partial charge in [-0.3, -0.25) is 14.8 Å². The van der Waals surface area contributed by atoms with Crippen molar-refractivity contribution in [3.8, 4) is 0 Å². The van der Waals surface area contributed by atoms with Crippen LogP contribution in [0.3, 0.4) is 0 Å². The van der Waals surface area contributed by atoms with Crippen LogP contribution in [0.4, 0.5) is 13.2 Å². The molecule has 0 spiro atoms. The van der Waals surface area contributed by atoms with Gasteiger partial charge in [-0.1, -0.05) is 23.7 Å². The van der Waals surface area contributed by atoms with Gasteiger partial charge in [0.1, 0.15) is 0 Å². The smallest absolute Gasteiger partial charge is 0.348 e. The van der Waals surface area contributed by atoms with E-state index in [1.165, 1.54) is 36.7 Å². The fourth-order valence-corrected chi connectivity index (χ4v) is 6.18. The van der Waals surface area contributed by atoms with Crippen molar-refractivity contribution in [1.82, 2.24) is 20.0 Å². The average molecular weight is 546 g/mol. The van der Waals surface area contributed by atoms with Crippen molar-refractivity contribution in [1.29, 1.82) is 0 Å². The van der Waals surface area contributed by atoms with Gasteiger partial charge < -0.3 is 4.90 Å². The lowest BCUT2D eigenvalue weighted by Crippen LogP contribution is -2.48. The molecular formula is C26H23ClF3N5OS. The first-order valence-electron chi connectivity index (χ1n) is 12.1. The van der Waals surface area contributed by atoms with E-state index in [2.05, 4.69) is 25.0 Å². The number of amidine groups is 1. The van der Waals surface area contributed by atoms with E-state index < -0.39 is 17.6 Å². The molecular weight excluding hydrogens is 523 g/mol. The van der Waals surface area contributed by atoms with Gasteiger partial charge in [0.2, 0.25) is 0 Å². The third-order valence-electron chi connectivity index (χ3n) is 7.04. The van der Waals surface area contributed by atoms with Gasteiger partial charge in [0.15, 0.2) is 5.17 Å². The molecule has 1 saturated heterocycles. The number of allylic oxidation sites excluding steroid dienone is 1. The first-order chi connectivity index (χ1) is 17.8. The summed E-state index contributed by atoms with van der Waals surface area (Å²) >= 11 is 7.16. The second-order valence-electron chi connectivity index (χ2n) is 9.51. The molecule has 2 aromatic carbocycles. The Morgan fingerprint density at radius 3 is 2.62 bits per heavy atom. The SMILES string of the molecule is O=C1N=C(N2CCN(C3CC3)CC2)SC1=C(Cc1ccc(Cl)cc1C(F)(F)F)c1ccc2[nH]ncc2c1. The average Bonchev–Trinajstić information content (AvgIpc) is 3.50. The number of fused-ring (bicyclic) bond motifs is 1. The standard InChI is InChI=1S/C26H23ClF3N5OS/c27-18-3-1-16(21(13-18)26(28,29)30)12-20(15-2-6-22-17(11-15)14-31-33-22)23-24(36)32-25(37-23)35-9-7-34(8-10-35)19-4-5-19/h1-3,6,11,13-14,19H,4-5,7-10,12H2,(H,31,33). The van der Waals surface area contributed by atoms with Gasteiger partial charge in [-0.15, -0.1) is 0 Å². The molecule has 3 heterocycles. The van der Waals surface area contributed by atoms with E-state index in [4.69, 9.17) is 11.6 Å². The fourth-order valence-electron chi connectivity index (χ4n) is 4.94. The van der Waals surface area contributed by atoms with Gasteiger partial charge in [-0.25, -0.2) is 0 Å². The number of aromatic amines is 1. The molecule has 37 heavy (non-hydrogen) atoms. The number of thioether (sulfide) groups is 1. The van der Waals surface area contributed by atoms with Crippen molar-refractivity contribution in [3.05, 3.63) is 69.2 Å². The number of alkyl halides is 3. The Kier molecular flexibility index (Phi) is 6.29. The molecule has 192 valence electrons. The Morgan fingerprint density at radius 2 is 1.89 bits per heavy atom. The molecule has 2 aliphatic heterocycles. The summed E-state index contributed by atoms with van der Waals surface area (Å²) in [4.78, 5) is 22.5. The summed E-state index contributed by atoms with van der Waals surface area (Å²) in [5, 5.41) is 8.34. The molecule has 1 aromatic heterocycles. The normalized spacial score (nSPS) is 20.6. The van der Waals surface area contributed by atoms with E-state index in [0.29, 0.717) is 27.3 Å². The van der Waals surface area contributed by atoms with E-state index in [1.807, 2.05) is 12.1 Å². The van der Waals surface area contributed by atoms with E-state index in [9.17, 15) is 18.0 Å². The van der Waals surface area contributed by atoms with Crippen LogP contribution in [0, 0.1) is 0 Å². The number of carbonyl (C=O) groups excluding carboxylic acids is 1. The number of amides is 1. The number of nitrogens with one attached hydrogen (secondary N) is 1. The second kappa shape index (κ2) is 9.49. The second-order valence-corrected chi connectivity index (χ2v) is 10.9. The molecule has 0 unspecified atom stereocenters. The number of piperazine rings is 1. The molecule has 0 atom stereocenters. The van der Waals surface area contributed by atoms with Gasteiger partial charge in [-0.2, -0.15) is 23.3 Å². The Labute approximate surface area is 220 Å². The Hall–Kier alpha value is -2.82. The maximum absolute atomic E-state index is 13.9. The molecule has 1 aliphatic carbocycles. The highest BCUT2D eigenvalue weighted by molar-refractivity contribution is 8.18. The molecule has 1 amide bonds. The van der Waals surface area contributed by atoms with E-state index in [0.717, 1.165) is 43.1 Å².